The van der Waals surface area contributed by atoms with Gasteiger partial charge in [-0.3, -0.25) is 4.98 Å². The average Bonchev–Trinajstić information content (AvgIpc) is 2.89. The second kappa shape index (κ2) is 10.2. The summed E-state index contributed by atoms with van der Waals surface area (Å²) in [6.45, 7) is 5.08. The maximum atomic E-state index is 6.06. The van der Waals surface area contributed by atoms with Crippen molar-refractivity contribution in [3.05, 3.63) is 95.8 Å². The molecule has 0 bridgehead atoms. The minimum atomic E-state index is 0.0308. The molecular formula is C29H32N6. The second-order valence-corrected chi connectivity index (χ2v) is 9.34. The number of fused-ring (bicyclic) bond motifs is 1. The third kappa shape index (κ3) is 5.33. The molecule has 0 saturated heterocycles. The van der Waals surface area contributed by atoms with Gasteiger partial charge in [-0.25, -0.2) is 4.98 Å². The SMILES string of the molecule is CC(Cc1cccc([C@H](C)N)c1)Nc1nccc(N2CCCc3cnc(-c4ccccc4)cc32)n1. The van der Waals surface area contributed by atoms with Crippen LogP contribution in [-0.4, -0.2) is 27.5 Å². The van der Waals surface area contributed by atoms with E-state index in [0.29, 0.717) is 5.95 Å². The van der Waals surface area contributed by atoms with Gasteiger partial charge in [0.2, 0.25) is 5.95 Å². The number of nitrogens with zero attached hydrogens (tertiary/aromatic N) is 4. The van der Waals surface area contributed by atoms with Gasteiger partial charge in [-0.1, -0.05) is 54.6 Å². The molecule has 0 saturated carbocycles. The van der Waals surface area contributed by atoms with E-state index in [0.717, 1.165) is 48.4 Å². The van der Waals surface area contributed by atoms with Crippen LogP contribution in [0.3, 0.4) is 0 Å². The highest BCUT2D eigenvalue weighted by atomic mass is 15.2. The van der Waals surface area contributed by atoms with Crippen molar-refractivity contribution in [2.75, 3.05) is 16.8 Å². The van der Waals surface area contributed by atoms with E-state index in [4.69, 9.17) is 15.7 Å². The molecule has 4 aromatic rings. The molecule has 1 aliphatic rings. The maximum Gasteiger partial charge on any atom is 0.224 e. The minimum absolute atomic E-state index is 0.0308. The molecule has 1 unspecified atom stereocenters. The van der Waals surface area contributed by atoms with Gasteiger partial charge in [0, 0.05) is 42.3 Å². The summed E-state index contributed by atoms with van der Waals surface area (Å²) in [5.74, 6) is 1.54. The first-order valence-electron chi connectivity index (χ1n) is 12.3. The lowest BCUT2D eigenvalue weighted by Crippen LogP contribution is -2.26. The average molecular weight is 465 g/mol. The summed E-state index contributed by atoms with van der Waals surface area (Å²) >= 11 is 0. The zero-order valence-electron chi connectivity index (χ0n) is 20.4. The van der Waals surface area contributed by atoms with Crippen LogP contribution in [0.1, 0.15) is 43.0 Å². The fourth-order valence-corrected chi connectivity index (χ4v) is 4.67. The Morgan fingerprint density at radius 1 is 1.00 bits per heavy atom. The van der Waals surface area contributed by atoms with Gasteiger partial charge in [-0.05, 0) is 61.9 Å². The summed E-state index contributed by atoms with van der Waals surface area (Å²) in [6, 6.07) is 23.2. The number of benzene rings is 2. The number of pyridine rings is 1. The number of hydrogen-bond acceptors (Lipinski definition) is 6. The standard InChI is InChI=1S/C29H32N6/c1-20(16-22-8-6-11-24(17-22)21(2)30)33-29-31-14-13-28(34-29)35-15-7-12-25-19-32-26(18-27(25)35)23-9-4-3-5-10-23/h3-6,8-11,13-14,17-21H,7,12,15-16,30H2,1-2H3,(H,31,33,34)/t20?,21-/m0/s1. The largest absolute Gasteiger partial charge is 0.351 e. The van der Waals surface area contributed by atoms with E-state index < -0.39 is 0 Å². The van der Waals surface area contributed by atoms with E-state index in [-0.39, 0.29) is 12.1 Å². The molecule has 6 nitrogen and oxygen atoms in total. The summed E-state index contributed by atoms with van der Waals surface area (Å²) in [7, 11) is 0. The molecule has 1 aliphatic heterocycles. The normalized spacial score (nSPS) is 14.8. The smallest absolute Gasteiger partial charge is 0.224 e. The van der Waals surface area contributed by atoms with Gasteiger partial charge in [-0.15, -0.1) is 0 Å². The monoisotopic (exact) mass is 464 g/mol. The topological polar surface area (TPSA) is 80.0 Å². The Labute approximate surface area is 207 Å². The number of aryl methyl sites for hydroxylation is 1. The molecule has 0 amide bonds. The van der Waals surface area contributed by atoms with Gasteiger partial charge in [0.15, 0.2) is 0 Å². The van der Waals surface area contributed by atoms with E-state index in [2.05, 4.69) is 64.6 Å². The van der Waals surface area contributed by atoms with Gasteiger partial charge in [0.05, 0.1) is 5.69 Å². The van der Waals surface area contributed by atoms with Crippen molar-refractivity contribution in [3.63, 3.8) is 0 Å². The van der Waals surface area contributed by atoms with Crippen LogP contribution in [-0.2, 0) is 12.8 Å². The Morgan fingerprint density at radius 3 is 2.69 bits per heavy atom. The van der Waals surface area contributed by atoms with Crippen LogP contribution >= 0.6 is 0 Å². The van der Waals surface area contributed by atoms with Crippen LogP contribution in [0.15, 0.2) is 79.1 Å². The zero-order valence-corrected chi connectivity index (χ0v) is 20.4. The summed E-state index contributed by atoms with van der Waals surface area (Å²) in [5.41, 5.74) is 13.0. The van der Waals surface area contributed by atoms with Crippen LogP contribution in [0, 0.1) is 0 Å². The molecule has 2 aromatic heterocycles. The van der Waals surface area contributed by atoms with E-state index in [1.54, 1.807) is 0 Å². The summed E-state index contributed by atoms with van der Waals surface area (Å²) in [5, 5.41) is 3.49. The van der Waals surface area contributed by atoms with E-state index in [1.807, 2.05) is 43.6 Å². The predicted octanol–water partition coefficient (Wildman–Crippen LogP) is 5.69. The molecule has 0 fully saturated rings. The Hall–Kier alpha value is -3.77. The molecule has 0 radical (unpaired) electrons. The molecular weight excluding hydrogens is 432 g/mol. The highest BCUT2D eigenvalue weighted by molar-refractivity contribution is 5.72. The van der Waals surface area contributed by atoms with Crippen LogP contribution in [0.4, 0.5) is 17.5 Å². The van der Waals surface area contributed by atoms with Gasteiger partial charge >= 0.3 is 0 Å². The van der Waals surface area contributed by atoms with Crippen LogP contribution < -0.4 is 16.0 Å². The fraction of sp³-hybridized carbons (Fsp3) is 0.276. The number of nitrogens with one attached hydrogen (secondary N) is 1. The molecule has 2 aromatic carbocycles. The van der Waals surface area contributed by atoms with Gasteiger partial charge < -0.3 is 16.0 Å². The van der Waals surface area contributed by atoms with Crippen molar-refractivity contribution in [1.82, 2.24) is 15.0 Å². The van der Waals surface area contributed by atoms with Gasteiger partial charge in [0.1, 0.15) is 5.82 Å². The zero-order chi connectivity index (χ0) is 24.2. The Bertz CT molecular complexity index is 1290. The van der Waals surface area contributed by atoms with Crippen molar-refractivity contribution in [2.24, 2.45) is 5.73 Å². The maximum absolute atomic E-state index is 6.06. The first-order chi connectivity index (χ1) is 17.1. The molecule has 3 heterocycles. The Kier molecular flexibility index (Phi) is 6.73. The van der Waals surface area contributed by atoms with Crippen molar-refractivity contribution in [1.29, 1.82) is 0 Å². The molecule has 0 spiro atoms. The lowest BCUT2D eigenvalue weighted by Gasteiger charge is -2.30. The predicted molar refractivity (Wildman–Crippen MR) is 143 cm³/mol. The first kappa shape index (κ1) is 23.0. The van der Waals surface area contributed by atoms with Crippen molar-refractivity contribution in [3.8, 4) is 11.3 Å². The molecule has 178 valence electrons. The minimum Gasteiger partial charge on any atom is -0.351 e. The molecule has 2 atom stereocenters. The summed E-state index contributed by atoms with van der Waals surface area (Å²) in [6.07, 6.45) is 6.82. The van der Waals surface area contributed by atoms with Crippen LogP contribution in [0.5, 0.6) is 0 Å². The molecule has 6 heteroatoms. The number of hydrogen-bond donors (Lipinski definition) is 2. The van der Waals surface area contributed by atoms with Crippen LogP contribution in [0.25, 0.3) is 11.3 Å². The highest BCUT2D eigenvalue weighted by Crippen LogP contribution is 2.34. The van der Waals surface area contributed by atoms with Gasteiger partial charge in [-0.2, -0.15) is 4.98 Å². The molecule has 0 aliphatic carbocycles. The quantitative estimate of drug-likeness (QED) is 0.366. The first-order valence-corrected chi connectivity index (χ1v) is 12.3. The Balaban J connectivity index is 1.35. The molecule has 5 rings (SSSR count). The van der Waals surface area contributed by atoms with E-state index >= 15 is 0 Å². The lowest BCUT2D eigenvalue weighted by molar-refractivity contribution is 0.748. The van der Waals surface area contributed by atoms with Crippen molar-refractivity contribution < 1.29 is 0 Å². The number of nitrogens with two attached hydrogens (primary N) is 1. The van der Waals surface area contributed by atoms with Crippen molar-refractivity contribution >= 4 is 17.5 Å². The molecule has 35 heavy (non-hydrogen) atoms. The van der Waals surface area contributed by atoms with E-state index in [1.165, 1.54) is 16.8 Å². The van der Waals surface area contributed by atoms with Crippen molar-refractivity contribution in [2.45, 2.75) is 45.2 Å². The second-order valence-electron chi connectivity index (χ2n) is 9.34. The van der Waals surface area contributed by atoms with E-state index in [9.17, 15) is 0 Å². The Morgan fingerprint density at radius 2 is 1.86 bits per heavy atom. The number of rotatable bonds is 7. The summed E-state index contributed by atoms with van der Waals surface area (Å²) < 4.78 is 0. The molecule has 3 N–H and O–H groups in total. The summed E-state index contributed by atoms with van der Waals surface area (Å²) in [4.78, 5) is 16.4. The highest BCUT2D eigenvalue weighted by Gasteiger charge is 2.21. The fourth-order valence-electron chi connectivity index (χ4n) is 4.67. The van der Waals surface area contributed by atoms with Crippen LogP contribution in [0.2, 0.25) is 0 Å². The third-order valence-electron chi connectivity index (χ3n) is 6.46. The number of aromatic nitrogens is 3. The van der Waals surface area contributed by atoms with Gasteiger partial charge in [0.25, 0.3) is 0 Å². The lowest BCUT2D eigenvalue weighted by atomic mass is 10.0. The third-order valence-corrected chi connectivity index (χ3v) is 6.46. The number of anilines is 3.